The van der Waals surface area contributed by atoms with Crippen LogP contribution in [0.2, 0.25) is 0 Å². The molecule has 10 N–H and O–H groups in total. The summed E-state index contributed by atoms with van der Waals surface area (Å²) in [6, 6.07) is 0. The van der Waals surface area contributed by atoms with E-state index in [1.807, 2.05) is 5.29 Å². The van der Waals surface area contributed by atoms with Crippen LogP contribution in [0.4, 0.5) is 0 Å². The van der Waals surface area contributed by atoms with E-state index in [0.29, 0.717) is 0 Å². The number of rotatable bonds is 2. The van der Waals surface area contributed by atoms with Crippen LogP contribution in [0.25, 0.3) is 0 Å². The Morgan fingerprint density at radius 3 is 1.39 bits per heavy atom. The summed E-state index contributed by atoms with van der Waals surface area (Å²) in [7, 11) is 0. The van der Waals surface area contributed by atoms with Crippen LogP contribution in [0.3, 0.4) is 0 Å². The molecule has 0 aliphatic heterocycles. The zero-order chi connectivity index (χ0) is 12.4. The van der Waals surface area contributed by atoms with Gasteiger partial charge in [-0.25, -0.2) is 5.26 Å². The lowest BCUT2D eigenvalue weighted by Gasteiger charge is -1.76. The summed E-state index contributed by atoms with van der Waals surface area (Å²) in [5, 5.41) is 31.7. The molecule has 0 unspecified atom stereocenters. The van der Waals surface area contributed by atoms with Gasteiger partial charge >= 0.3 is 2.85 Å². The molecule has 0 fully saturated rings. The summed E-state index contributed by atoms with van der Waals surface area (Å²) in [5.74, 6) is 0. The fourth-order valence-electron chi connectivity index (χ4n) is 0.0167. The third-order valence-electron chi connectivity index (χ3n) is 0.0781. The molecule has 116 valence electrons. The molecule has 0 spiro atoms. The van der Waals surface area contributed by atoms with Gasteiger partial charge in [-0.2, -0.15) is 4.91 Å². The van der Waals surface area contributed by atoms with Crippen molar-refractivity contribution >= 4 is 0 Å². The molecule has 0 radical (unpaired) electrons. The maximum atomic E-state index is 8.76. The molecule has 0 aliphatic carbocycles. The van der Waals surface area contributed by atoms with E-state index in [9.17, 15) is 0 Å². The lowest BCUT2D eigenvalue weighted by molar-refractivity contribution is -0.402. The SMILES string of the molecule is C.N=O.O.O.O.O=NNOO.O=NO.O=[N+]([O-])[O-].[H+].[H+]. The van der Waals surface area contributed by atoms with E-state index < -0.39 is 5.09 Å². The van der Waals surface area contributed by atoms with Gasteiger partial charge in [0.15, 0.2) is 5.34 Å². The minimum absolute atomic E-state index is 0. The molecule has 17 heteroatoms. The van der Waals surface area contributed by atoms with Crippen LogP contribution >= 0.6 is 0 Å². The van der Waals surface area contributed by atoms with Gasteiger partial charge in [-0.3, -0.25) is 0 Å². The predicted molar refractivity (Wildman–Crippen MR) is 56.5 cm³/mol. The van der Waals surface area contributed by atoms with Crippen molar-refractivity contribution in [3.8, 4) is 0 Å². The summed E-state index contributed by atoms with van der Waals surface area (Å²) in [6.45, 7) is 0. The highest BCUT2D eigenvalue weighted by Gasteiger charge is 1.59. The lowest BCUT2D eigenvalue weighted by atomic mass is 12.0. The first kappa shape index (κ1) is 58.3. The normalized spacial score (nSPS) is 4.06. The number of nitrogens with one attached hydrogen (secondary N) is 2. The van der Waals surface area contributed by atoms with Crippen molar-refractivity contribution in [1.82, 2.24) is 5.59 Å². The second-order valence-electron chi connectivity index (χ2n) is 0.579. The molecule has 17 nitrogen and oxygen atoms in total. The second kappa shape index (κ2) is 134. The zero-order valence-corrected chi connectivity index (χ0v) is 7.59. The molecule has 18 heavy (non-hydrogen) atoms. The van der Waals surface area contributed by atoms with Gasteiger partial charge in [-0.15, -0.1) is 15.4 Å². The summed E-state index contributed by atoms with van der Waals surface area (Å²) in [4.78, 5) is 35.6. The van der Waals surface area contributed by atoms with E-state index in [1.165, 1.54) is 10.9 Å². The predicted octanol–water partition coefficient (Wildman–Crippen LogP) is -1.72. The van der Waals surface area contributed by atoms with Crippen LogP contribution in [0.5, 0.6) is 0 Å². The van der Waals surface area contributed by atoms with Gasteiger partial charge in [0.25, 0.3) is 0 Å². The molecule has 0 bridgehead atoms. The van der Waals surface area contributed by atoms with Gasteiger partial charge in [-0.05, 0) is 0 Å². The Kier molecular flexibility index (Phi) is 433. The monoisotopic (exact) mass is 290 g/mol. The Morgan fingerprint density at radius 1 is 1.22 bits per heavy atom. The highest BCUT2D eigenvalue weighted by atomic mass is 17.2. The molecule has 0 aromatic carbocycles. The van der Waals surface area contributed by atoms with E-state index in [0.717, 1.165) is 0 Å². The minimum Gasteiger partial charge on any atom is -0.412 e. The number of hydrogen-bond donors (Lipinski definition) is 4. The van der Waals surface area contributed by atoms with Crippen molar-refractivity contribution in [2.75, 3.05) is 0 Å². The molecule has 0 saturated carbocycles. The first-order valence-electron chi connectivity index (χ1n) is 1.93. The van der Waals surface area contributed by atoms with Gasteiger partial charge in [-0.1, -0.05) is 18.0 Å². The molecule has 0 heterocycles. The molecule has 0 amide bonds. The number of nitrogens with zero attached hydrogens (tertiary/aromatic N) is 3. The van der Waals surface area contributed by atoms with Crippen molar-refractivity contribution in [3.63, 3.8) is 0 Å². The summed E-state index contributed by atoms with van der Waals surface area (Å²) < 4.78 is 0. The molecule has 0 rings (SSSR count). The van der Waals surface area contributed by atoms with Crippen LogP contribution < -0.4 is 5.59 Å². The molecule has 0 aromatic rings. The Hall–Kier alpha value is -2.60. The van der Waals surface area contributed by atoms with Crippen molar-refractivity contribution in [2.45, 2.75) is 7.43 Å². The van der Waals surface area contributed by atoms with E-state index in [-0.39, 0.29) is 26.7 Å². The van der Waals surface area contributed by atoms with E-state index in [1.54, 1.807) is 0 Å². The van der Waals surface area contributed by atoms with Gasteiger partial charge in [0, 0.05) is 0 Å². The fourth-order valence-corrected chi connectivity index (χ4v) is 0.0167. The third kappa shape index (κ3) is 5720. The molecule has 0 atom stereocenters. The maximum Gasteiger partial charge on any atom is 1.00 e. The summed E-state index contributed by atoms with van der Waals surface area (Å²) >= 11 is 0. The molecule has 0 aliphatic rings. The highest BCUT2D eigenvalue weighted by Crippen LogP contribution is 1.45. The van der Waals surface area contributed by atoms with E-state index in [4.69, 9.17) is 40.5 Å². The quantitative estimate of drug-likeness (QED) is 0.192. The van der Waals surface area contributed by atoms with Crippen molar-refractivity contribution < 1.29 is 39.8 Å². The molecule has 0 saturated heterocycles. The number of hydrogen-bond acceptors (Lipinski definition) is 11. The molecule has 0 aromatic heterocycles. The van der Waals surface area contributed by atoms with E-state index >= 15 is 0 Å². The second-order valence-corrected chi connectivity index (χ2v) is 0.579. The topological polar surface area (TPSA) is 322 Å². The molecular formula is CH16N5O12+. The van der Waals surface area contributed by atoms with E-state index in [2.05, 4.69) is 10.6 Å². The Balaban J connectivity index is -0.00000000784. The van der Waals surface area contributed by atoms with Gasteiger partial charge in [0.2, 0.25) is 0 Å². The van der Waals surface area contributed by atoms with Crippen LogP contribution in [0.15, 0.2) is 10.6 Å². The van der Waals surface area contributed by atoms with Crippen molar-refractivity contribution in [2.24, 2.45) is 10.6 Å². The average Bonchev–Trinajstić information content (AvgIpc) is 2.09. The largest absolute Gasteiger partial charge is 1.00 e. The van der Waals surface area contributed by atoms with Crippen molar-refractivity contribution in [1.29, 1.82) is 5.59 Å². The van der Waals surface area contributed by atoms with Crippen molar-refractivity contribution in [3.05, 3.63) is 30.0 Å². The van der Waals surface area contributed by atoms with Crippen LogP contribution in [-0.4, -0.2) is 32.0 Å². The minimum atomic E-state index is -1.75. The first-order chi connectivity index (χ1) is 6.56. The van der Waals surface area contributed by atoms with Crippen LogP contribution in [-0.2, 0) is 4.99 Å². The number of nitroso groups, excluding NO2 is 2. The Morgan fingerprint density at radius 2 is 1.39 bits per heavy atom. The molecular weight excluding hydrogens is 274 g/mol. The van der Waals surface area contributed by atoms with Gasteiger partial charge < -0.3 is 37.0 Å². The maximum absolute atomic E-state index is 8.76. The first-order valence-corrected chi connectivity index (χ1v) is 1.93. The highest BCUT2D eigenvalue weighted by molar-refractivity contribution is 4.03. The summed E-state index contributed by atoms with van der Waals surface area (Å²) in [6.07, 6.45) is 0. The lowest BCUT2D eigenvalue weighted by Crippen LogP contribution is -1.98. The standard InChI is InChI=1S/CH4.H2N2O3.NO3.HNO2.HNO.3H2O/c;3-1-2-5-4;2-1(3)4;2-1-3;1-2;;;/h1H4;4H,(H,2,3);;(H,2,3);1H;3*1H2/q;;-1;;;;;/p+2. The van der Waals surface area contributed by atoms with Crippen LogP contribution in [0, 0.1) is 35.6 Å². The Bertz CT molecular complexity index is 135. The summed E-state index contributed by atoms with van der Waals surface area (Å²) in [5.41, 5.74) is 5.74. The average molecular weight is 290 g/mol. The third-order valence-corrected chi connectivity index (χ3v) is 0.0781. The van der Waals surface area contributed by atoms with Gasteiger partial charge in [0.05, 0.1) is 10.4 Å². The van der Waals surface area contributed by atoms with Gasteiger partial charge in [0.1, 0.15) is 0 Å². The fraction of sp³-hybridized carbons (Fsp3) is 1.00. The smallest absolute Gasteiger partial charge is 0.412 e. The van der Waals surface area contributed by atoms with Crippen LogP contribution in [0.1, 0.15) is 10.3 Å². The Labute approximate surface area is 101 Å². The zero-order valence-electron chi connectivity index (χ0n) is 9.59.